The smallest absolute Gasteiger partial charge is 0.306 e. The minimum absolute atomic E-state index is 0.101. The van der Waals surface area contributed by atoms with Gasteiger partial charge in [0.15, 0.2) is 6.10 Å². The number of carbonyl (C=O) groups is 3. The van der Waals surface area contributed by atoms with E-state index in [-0.39, 0.29) is 37.5 Å². The molecule has 0 bridgehead atoms. The van der Waals surface area contributed by atoms with Crippen molar-refractivity contribution in [2.24, 2.45) is 0 Å². The number of carbonyl (C=O) groups excluding carboxylic acids is 3. The third kappa shape index (κ3) is 51.3. The van der Waals surface area contributed by atoms with Crippen molar-refractivity contribution in [3.05, 3.63) is 97.2 Å². The van der Waals surface area contributed by atoms with Crippen LogP contribution in [-0.4, -0.2) is 37.2 Å². The van der Waals surface area contributed by atoms with Crippen LogP contribution in [0.3, 0.4) is 0 Å². The van der Waals surface area contributed by atoms with Gasteiger partial charge in [-0.2, -0.15) is 0 Å². The summed E-state index contributed by atoms with van der Waals surface area (Å²) >= 11 is 0. The van der Waals surface area contributed by atoms with Gasteiger partial charge in [-0.05, 0) is 96.3 Å². The lowest BCUT2D eigenvalue weighted by Crippen LogP contribution is -2.30. The molecule has 0 fully saturated rings. The first kappa shape index (κ1) is 62.3. The molecule has 0 amide bonds. The van der Waals surface area contributed by atoms with E-state index in [2.05, 4.69) is 118 Å². The van der Waals surface area contributed by atoms with Gasteiger partial charge in [-0.15, -0.1) is 0 Å². The molecule has 6 nitrogen and oxygen atoms in total. The van der Waals surface area contributed by atoms with Gasteiger partial charge in [-0.1, -0.05) is 227 Å². The van der Waals surface area contributed by atoms with Crippen molar-refractivity contribution in [1.82, 2.24) is 0 Å². The van der Waals surface area contributed by atoms with Gasteiger partial charge in [0.1, 0.15) is 13.2 Å². The fraction of sp³-hybridized carbons (Fsp3) is 0.683. The van der Waals surface area contributed by atoms with E-state index in [1.807, 2.05) is 0 Å². The Morgan fingerprint density at radius 2 is 0.652 bits per heavy atom. The number of esters is 3. The minimum Gasteiger partial charge on any atom is -0.462 e. The Bertz CT molecular complexity index is 1330. The number of hydrogen-bond acceptors (Lipinski definition) is 6. The fourth-order valence-electron chi connectivity index (χ4n) is 7.31. The van der Waals surface area contributed by atoms with Crippen molar-refractivity contribution in [2.45, 2.75) is 252 Å². The Balaban J connectivity index is 4.50. The Kier molecular flexibility index (Phi) is 50.9. The summed E-state index contributed by atoms with van der Waals surface area (Å²) in [5, 5.41) is 0. The molecule has 0 aliphatic carbocycles. The van der Waals surface area contributed by atoms with Crippen LogP contribution in [0.5, 0.6) is 0 Å². The number of ether oxygens (including phenoxy) is 3. The zero-order chi connectivity index (χ0) is 47.9. The second-order valence-corrected chi connectivity index (χ2v) is 17.9. The summed E-state index contributed by atoms with van der Waals surface area (Å²) in [7, 11) is 0. The maximum atomic E-state index is 12.8. The van der Waals surface area contributed by atoms with Gasteiger partial charge < -0.3 is 14.2 Å². The molecule has 0 rings (SSSR count). The molecule has 1 unspecified atom stereocenters. The number of unbranched alkanes of at least 4 members (excludes halogenated alkanes) is 25. The molecule has 0 N–H and O–H groups in total. The Morgan fingerprint density at radius 1 is 0.333 bits per heavy atom. The molecule has 0 aliphatic heterocycles. The summed E-state index contributed by atoms with van der Waals surface area (Å²) in [5.41, 5.74) is 0. The van der Waals surface area contributed by atoms with Crippen molar-refractivity contribution in [1.29, 1.82) is 0 Å². The van der Waals surface area contributed by atoms with Crippen LogP contribution < -0.4 is 0 Å². The van der Waals surface area contributed by atoms with Crippen LogP contribution in [0.2, 0.25) is 0 Å². The highest BCUT2D eigenvalue weighted by Crippen LogP contribution is 2.14. The van der Waals surface area contributed by atoms with Crippen LogP contribution >= 0.6 is 0 Å². The van der Waals surface area contributed by atoms with E-state index in [1.54, 1.807) is 0 Å². The minimum atomic E-state index is -0.806. The molecular formula is C60H100O6. The van der Waals surface area contributed by atoms with Crippen LogP contribution in [-0.2, 0) is 28.6 Å². The summed E-state index contributed by atoms with van der Waals surface area (Å²) in [6.45, 7) is 6.44. The first-order chi connectivity index (χ1) is 32.5. The van der Waals surface area contributed by atoms with E-state index in [9.17, 15) is 14.4 Å². The van der Waals surface area contributed by atoms with Crippen LogP contribution in [0.15, 0.2) is 97.2 Å². The summed E-state index contributed by atoms with van der Waals surface area (Å²) in [6, 6.07) is 0. The van der Waals surface area contributed by atoms with Gasteiger partial charge in [0, 0.05) is 19.3 Å². The van der Waals surface area contributed by atoms with Crippen molar-refractivity contribution < 1.29 is 28.6 Å². The molecule has 0 aromatic rings. The van der Waals surface area contributed by atoms with Gasteiger partial charge in [0.05, 0.1) is 0 Å². The normalized spacial score (nSPS) is 12.8. The maximum absolute atomic E-state index is 12.8. The third-order valence-corrected chi connectivity index (χ3v) is 11.4. The molecule has 6 heteroatoms. The molecular weight excluding hydrogens is 817 g/mol. The number of allylic oxidation sites excluding steroid dienone is 16. The molecule has 0 heterocycles. The van der Waals surface area contributed by atoms with E-state index in [0.29, 0.717) is 12.8 Å². The standard InChI is InChI=1S/C60H100O6/c1-4-7-10-13-16-19-22-25-28-30-31-33-35-38-41-44-47-50-53-59(62)65-56-57(55-64-58(61)52-49-46-43-40-37-34-27-24-21-18-15-12-9-6-3)66-60(63)54-51-48-45-42-39-36-32-29-26-23-20-17-14-11-8-5-2/h9,12,16,18-19,21-22,25,28-33,36,39,57H,4-8,10-11,13-15,17,20,23-24,26-27,34-35,37-38,40-56H2,1-3H3/b12-9-,19-16-,21-18-,25-22-,30-28-,32-29-,33-31-,39-36-. The van der Waals surface area contributed by atoms with E-state index in [1.165, 1.54) is 89.9 Å². The topological polar surface area (TPSA) is 78.9 Å². The van der Waals surface area contributed by atoms with E-state index in [4.69, 9.17) is 14.2 Å². The largest absolute Gasteiger partial charge is 0.462 e. The zero-order valence-corrected chi connectivity index (χ0v) is 42.9. The molecule has 0 saturated heterocycles. The predicted octanol–water partition coefficient (Wildman–Crippen LogP) is 18.1. The molecule has 0 aromatic carbocycles. The average Bonchev–Trinajstić information content (AvgIpc) is 3.31. The summed E-state index contributed by atoms with van der Waals surface area (Å²) in [4.78, 5) is 38.1. The Morgan fingerprint density at radius 3 is 1.11 bits per heavy atom. The highest BCUT2D eigenvalue weighted by atomic mass is 16.6. The first-order valence-electron chi connectivity index (χ1n) is 27.3. The summed E-state index contributed by atoms with van der Waals surface area (Å²) in [5.74, 6) is -0.959. The Hall–Kier alpha value is -3.67. The summed E-state index contributed by atoms with van der Waals surface area (Å²) < 4.78 is 16.8. The second kappa shape index (κ2) is 53.9. The van der Waals surface area contributed by atoms with Gasteiger partial charge in [0.25, 0.3) is 0 Å². The molecule has 376 valence electrons. The average molecular weight is 917 g/mol. The van der Waals surface area contributed by atoms with E-state index >= 15 is 0 Å². The van der Waals surface area contributed by atoms with Gasteiger partial charge >= 0.3 is 17.9 Å². The van der Waals surface area contributed by atoms with Crippen LogP contribution in [0, 0.1) is 0 Å². The molecule has 1 atom stereocenters. The van der Waals surface area contributed by atoms with Gasteiger partial charge in [-0.25, -0.2) is 0 Å². The molecule has 66 heavy (non-hydrogen) atoms. The van der Waals surface area contributed by atoms with E-state index in [0.717, 1.165) is 116 Å². The molecule has 0 aromatic heterocycles. The highest BCUT2D eigenvalue weighted by molar-refractivity contribution is 5.71. The predicted molar refractivity (Wildman–Crippen MR) is 284 cm³/mol. The first-order valence-corrected chi connectivity index (χ1v) is 27.3. The lowest BCUT2D eigenvalue weighted by Gasteiger charge is -2.18. The monoisotopic (exact) mass is 917 g/mol. The number of rotatable bonds is 48. The van der Waals surface area contributed by atoms with Crippen LogP contribution in [0.4, 0.5) is 0 Å². The highest BCUT2D eigenvalue weighted by Gasteiger charge is 2.19. The lowest BCUT2D eigenvalue weighted by molar-refractivity contribution is -0.167. The van der Waals surface area contributed by atoms with Gasteiger partial charge in [-0.3, -0.25) is 14.4 Å². The third-order valence-electron chi connectivity index (χ3n) is 11.4. The van der Waals surface area contributed by atoms with Crippen molar-refractivity contribution in [3.63, 3.8) is 0 Å². The fourth-order valence-corrected chi connectivity index (χ4v) is 7.31. The zero-order valence-electron chi connectivity index (χ0n) is 42.9. The number of hydrogen-bond donors (Lipinski definition) is 0. The molecule has 0 saturated carbocycles. The molecule has 0 spiro atoms. The SMILES string of the molecule is CC/C=C\C/C=C\CCCCCCCCCC(=O)OCC(COC(=O)CCCCCCC\C=C/C=C\C=C/C=C\CCCCC)OC(=O)CCCCC/C=C\C=C/CCCCCCCCC. The van der Waals surface area contributed by atoms with E-state index < -0.39 is 6.10 Å². The lowest BCUT2D eigenvalue weighted by atomic mass is 10.1. The quantitative estimate of drug-likeness (QED) is 0.0199. The van der Waals surface area contributed by atoms with Crippen LogP contribution in [0.1, 0.15) is 245 Å². The Labute approximate surface area is 407 Å². The van der Waals surface area contributed by atoms with Crippen molar-refractivity contribution in [3.8, 4) is 0 Å². The second-order valence-electron chi connectivity index (χ2n) is 17.9. The maximum Gasteiger partial charge on any atom is 0.306 e. The molecule has 0 aliphatic rings. The van der Waals surface area contributed by atoms with Crippen molar-refractivity contribution >= 4 is 17.9 Å². The van der Waals surface area contributed by atoms with Crippen LogP contribution in [0.25, 0.3) is 0 Å². The summed E-state index contributed by atoms with van der Waals surface area (Å²) in [6.07, 6.45) is 71.0. The van der Waals surface area contributed by atoms with Gasteiger partial charge in [0.2, 0.25) is 0 Å². The van der Waals surface area contributed by atoms with Crippen molar-refractivity contribution in [2.75, 3.05) is 13.2 Å². The molecule has 0 radical (unpaired) electrons.